The summed E-state index contributed by atoms with van der Waals surface area (Å²) in [6.45, 7) is 3.10. The van der Waals surface area contributed by atoms with Gasteiger partial charge in [-0.2, -0.15) is 11.3 Å². The fraction of sp³-hybridized carbons (Fsp3) is 0.345. The predicted molar refractivity (Wildman–Crippen MR) is 153 cm³/mol. The molecule has 2 saturated heterocycles. The Morgan fingerprint density at radius 3 is 2.75 bits per heavy atom. The minimum atomic E-state index is -3.41. The van der Waals surface area contributed by atoms with Crippen LogP contribution in [0.2, 0.25) is 5.02 Å². The lowest BCUT2D eigenvalue weighted by atomic mass is 9.81. The molecule has 0 radical (unpaired) electrons. The van der Waals surface area contributed by atoms with Gasteiger partial charge in [-0.25, -0.2) is 8.42 Å². The number of hydrogen-bond acceptors (Lipinski definition) is 8. The Balaban J connectivity index is 1.34. The summed E-state index contributed by atoms with van der Waals surface area (Å²) in [5.74, 6) is -2.23. The van der Waals surface area contributed by atoms with Crippen molar-refractivity contribution in [3.63, 3.8) is 0 Å². The van der Waals surface area contributed by atoms with E-state index in [0.29, 0.717) is 53.2 Å². The van der Waals surface area contributed by atoms with Crippen molar-refractivity contribution >= 4 is 50.4 Å². The molecule has 8 nitrogen and oxygen atoms in total. The number of Topliss-reactive ketones (excluding diaryl/α,β-unsaturated/α-hetero) is 1. The number of nitrogens with one attached hydrogen (secondary N) is 1. The Kier molecular flexibility index (Phi) is 7.89. The number of carbonyl (C=O) groups excluding carboxylic acids is 3. The number of carbonyl (C=O) groups is 3. The molecular formula is C29H29ClN2O6S2. The summed E-state index contributed by atoms with van der Waals surface area (Å²) in [5, 5.41) is 7.11. The summed E-state index contributed by atoms with van der Waals surface area (Å²) in [4.78, 5) is 41.5. The number of hydrogen-bond donors (Lipinski definition) is 1. The summed E-state index contributed by atoms with van der Waals surface area (Å²) in [6.07, 6.45) is 2.14. The van der Waals surface area contributed by atoms with Crippen LogP contribution in [0.25, 0.3) is 11.1 Å². The molecule has 40 heavy (non-hydrogen) atoms. The van der Waals surface area contributed by atoms with Gasteiger partial charge < -0.3 is 10.1 Å². The highest BCUT2D eigenvalue weighted by Crippen LogP contribution is 2.43. The monoisotopic (exact) mass is 600 g/mol. The molecule has 2 aliphatic rings. The molecule has 2 aromatic carbocycles. The highest BCUT2D eigenvalue weighted by Gasteiger charge is 2.57. The zero-order chi connectivity index (χ0) is 28.7. The van der Waals surface area contributed by atoms with Crippen molar-refractivity contribution in [2.24, 2.45) is 0 Å². The highest BCUT2D eigenvalue weighted by molar-refractivity contribution is 7.90. The van der Waals surface area contributed by atoms with Crippen LogP contribution in [0.3, 0.4) is 0 Å². The molecule has 0 saturated carbocycles. The number of esters is 1. The molecule has 1 spiro atoms. The van der Waals surface area contributed by atoms with Crippen LogP contribution in [-0.4, -0.2) is 62.5 Å². The van der Waals surface area contributed by atoms with Gasteiger partial charge in [-0.05, 0) is 89.7 Å². The molecule has 3 heterocycles. The van der Waals surface area contributed by atoms with Gasteiger partial charge in [-0.3, -0.25) is 19.3 Å². The van der Waals surface area contributed by atoms with Crippen LogP contribution in [-0.2, 0) is 35.5 Å². The minimum absolute atomic E-state index is 0.105. The number of thiophene rings is 1. The number of piperidine rings is 1. The number of ether oxygens (including phenoxy) is 1. The van der Waals surface area contributed by atoms with Gasteiger partial charge in [0.1, 0.15) is 5.92 Å². The second kappa shape index (κ2) is 11.1. The van der Waals surface area contributed by atoms with Crippen LogP contribution in [0.4, 0.5) is 0 Å². The first-order valence-electron chi connectivity index (χ1n) is 12.8. The molecule has 1 N–H and O–H groups in total. The normalized spacial score (nSPS) is 21.5. The van der Waals surface area contributed by atoms with Crippen molar-refractivity contribution in [3.8, 4) is 11.1 Å². The van der Waals surface area contributed by atoms with Crippen molar-refractivity contribution in [1.82, 2.24) is 10.2 Å². The number of aryl methyl sites for hydroxylation is 1. The van der Waals surface area contributed by atoms with E-state index in [1.807, 2.05) is 21.7 Å². The van der Waals surface area contributed by atoms with Gasteiger partial charge in [0.05, 0.1) is 11.4 Å². The second-order valence-electron chi connectivity index (χ2n) is 10.4. The molecular weight excluding hydrogens is 572 g/mol. The van der Waals surface area contributed by atoms with E-state index in [1.54, 1.807) is 48.6 Å². The Labute approximate surface area is 242 Å². The zero-order valence-corrected chi connectivity index (χ0v) is 24.5. The topological polar surface area (TPSA) is 110 Å². The Hall–Kier alpha value is -3.05. The van der Waals surface area contributed by atoms with E-state index in [-0.39, 0.29) is 29.7 Å². The lowest BCUT2D eigenvalue weighted by Crippen LogP contribution is -2.54. The number of sulfone groups is 1. The molecule has 3 aromatic rings. The van der Waals surface area contributed by atoms with Crippen molar-refractivity contribution in [1.29, 1.82) is 0 Å². The number of amides is 1. The molecule has 5 rings (SSSR count). The van der Waals surface area contributed by atoms with Gasteiger partial charge in [0, 0.05) is 29.9 Å². The van der Waals surface area contributed by atoms with E-state index in [2.05, 4.69) is 5.32 Å². The minimum Gasteiger partial charge on any atom is -0.449 e. The Morgan fingerprint density at radius 1 is 1.23 bits per heavy atom. The second-order valence-corrected chi connectivity index (χ2v) is 13.6. The fourth-order valence-electron chi connectivity index (χ4n) is 5.44. The van der Waals surface area contributed by atoms with Crippen LogP contribution < -0.4 is 5.32 Å². The predicted octanol–water partition coefficient (Wildman–Crippen LogP) is 4.14. The molecule has 2 atom stereocenters. The molecule has 11 heteroatoms. The lowest BCUT2D eigenvalue weighted by molar-refractivity contribution is -0.157. The van der Waals surface area contributed by atoms with E-state index < -0.39 is 27.3 Å². The average molecular weight is 601 g/mol. The summed E-state index contributed by atoms with van der Waals surface area (Å²) in [6, 6.07) is 11.8. The van der Waals surface area contributed by atoms with Crippen molar-refractivity contribution in [3.05, 3.63) is 74.9 Å². The zero-order valence-electron chi connectivity index (χ0n) is 22.1. The van der Waals surface area contributed by atoms with E-state index in [4.69, 9.17) is 16.3 Å². The molecule has 0 bridgehead atoms. The number of benzene rings is 2. The quantitative estimate of drug-likeness (QED) is 0.321. The maximum absolute atomic E-state index is 13.8. The van der Waals surface area contributed by atoms with Gasteiger partial charge in [0.15, 0.2) is 21.2 Å². The smallest absolute Gasteiger partial charge is 0.322 e. The van der Waals surface area contributed by atoms with Gasteiger partial charge in [0.25, 0.3) is 0 Å². The van der Waals surface area contributed by atoms with Gasteiger partial charge >= 0.3 is 5.97 Å². The fourth-order valence-corrected chi connectivity index (χ4v) is 7.06. The summed E-state index contributed by atoms with van der Waals surface area (Å²) < 4.78 is 29.9. The third-order valence-electron chi connectivity index (χ3n) is 7.45. The summed E-state index contributed by atoms with van der Waals surface area (Å²) in [7, 11) is -3.41. The standard InChI is InChI=1S/C29H29ClN2O6S2/c1-18-11-23(20-5-3-6-21(12-20)40(2,36)37)24(30)13-22(18)26-27(34)29(38-28(26)35)8-4-9-32(17-29)15-25(33)31-14-19-7-10-39-16-19/h3,5-7,10-13,16,26H,4,8-9,14-15,17H2,1-2H3,(H,31,33). The molecule has 1 aromatic heterocycles. The van der Waals surface area contributed by atoms with Gasteiger partial charge in [-0.15, -0.1) is 0 Å². The summed E-state index contributed by atoms with van der Waals surface area (Å²) in [5.41, 5.74) is 2.05. The molecule has 0 aliphatic carbocycles. The summed E-state index contributed by atoms with van der Waals surface area (Å²) >= 11 is 8.20. The van der Waals surface area contributed by atoms with Gasteiger partial charge in [-0.1, -0.05) is 23.7 Å². The maximum atomic E-state index is 13.8. The van der Waals surface area contributed by atoms with Crippen LogP contribution in [0.1, 0.15) is 35.4 Å². The van der Waals surface area contributed by atoms with E-state index >= 15 is 0 Å². The molecule has 210 valence electrons. The van der Waals surface area contributed by atoms with E-state index in [0.717, 1.165) is 11.8 Å². The van der Waals surface area contributed by atoms with Crippen molar-refractivity contribution in [2.75, 3.05) is 25.9 Å². The Bertz CT molecular complexity index is 1590. The number of rotatable bonds is 7. The number of halogens is 1. The van der Waals surface area contributed by atoms with Crippen LogP contribution in [0.15, 0.2) is 58.1 Å². The number of ketones is 1. The van der Waals surface area contributed by atoms with E-state index in [1.165, 1.54) is 6.07 Å². The third kappa shape index (κ3) is 5.72. The highest BCUT2D eigenvalue weighted by atomic mass is 35.5. The van der Waals surface area contributed by atoms with Crippen molar-refractivity contribution in [2.45, 2.75) is 42.7 Å². The van der Waals surface area contributed by atoms with Crippen LogP contribution >= 0.6 is 22.9 Å². The van der Waals surface area contributed by atoms with Crippen LogP contribution in [0, 0.1) is 6.92 Å². The van der Waals surface area contributed by atoms with E-state index in [9.17, 15) is 22.8 Å². The lowest BCUT2D eigenvalue weighted by Gasteiger charge is -2.37. The average Bonchev–Trinajstić information content (AvgIpc) is 3.50. The molecule has 2 unspecified atom stereocenters. The Morgan fingerprint density at radius 2 is 2.02 bits per heavy atom. The van der Waals surface area contributed by atoms with Crippen molar-refractivity contribution < 1.29 is 27.5 Å². The number of likely N-dealkylation sites (tertiary alicyclic amines) is 1. The third-order valence-corrected chi connectivity index (χ3v) is 9.61. The largest absolute Gasteiger partial charge is 0.449 e. The molecule has 1 amide bonds. The maximum Gasteiger partial charge on any atom is 0.322 e. The molecule has 2 fully saturated rings. The number of nitrogens with zero attached hydrogens (tertiary/aromatic N) is 1. The first-order chi connectivity index (χ1) is 19.0. The first-order valence-corrected chi connectivity index (χ1v) is 16.1. The van der Waals surface area contributed by atoms with Gasteiger partial charge in [0.2, 0.25) is 5.91 Å². The first kappa shape index (κ1) is 28.5. The SMILES string of the molecule is Cc1cc(-c2cccc(S(C)(=O)=O)c2)c(Cl)cc1C1C(=O)OC2(CCCN(CC(=O)NCc3ccsc3)C2)C1=O. The van der Waals surface area contributed by atoms with Crippen LogP contribution in [0.5, 0.6) is 0 Å². The molecule has 2 aliphatic heterocycles.